The van der Waals surface area contributed by atoms with E-state index in [2.05, 4.69) is 24.5 Å². The minimum atomic E-state index is -0.846. The van der Waals surface area contributed by atoms with Crippen molar-refractivity contribution in [3.63, 3.8) is 0 Å². The number of piperazine rings is 2. The Hall–Kier alpha value is -3.46. The third-order valence-electron chi connectivity index (χ3n) is 6.82. The Morgan fingerprint density at radius 2 is 1.72 bits per heavy atom. The topological polar surface area (TPSA) is 85.0 Å². The first-order valence-corrected chi connectivity index (χ1v) is 12.5. The molecule has 36 heavy (non-hydrogen) atoms. The summed E-state index contributed by atoms with van der Waals surface area (Å²) in [4.78, 5) is 44.0. The Morgan fingerprint density at radius 3 is 2.39 bits per heavy atom. The summed E-state index contributed by atoms with van der Waals surface area (Å²) in [5, 5.41) is 5.61. The van der Waals surface area contributed by atoms with E-state index in [-0.39, 0.29) is 36.5 Å². The lowest BCUT2D eigenvalue weighted by atomic mass is 10.0. The summed E-state index contributed by atoms with van der Waals surface area (Å²) in [6.07, 6.45) is -0.107. The van der Waals surface area contributed by atoms with Crippen molar-refractivity contribution in [1.82, 2.24) is 15.1 Å². The molecule has 2 aromatic rings. The number of hydrogen-bond acceptors (Lipinski definition) is 5. The first kappa shape index (κ1) is 25.6. The smallest absolute Gasteiger partial charge is 0.243 e. The average Bonchev–Trinajstić information content (AvgIpc) is 2.86. The summed E-state index contributed by atoms with van der Waals surface area (Å²) in [5.41, 5.74) is 2.40. The Kier molecular flexibility index (Phi) is 8.20. The van der Waals surface area contributed by atoms with Gasteiger partial charge in [0.2, 0.25) is 17.7 Å². The molecule has 3 amide bonds. The zero-order valence-corrected chi connectivity index (χ0v) is 20.9. The zero-order chi connectivity index (χ0) is 25.7. The molecular weight excluding hydrogens is 461 g/mol. The summed E-state index contributed by atoms with van der Waals surface area (Å²) < 4.78 is 14.1. The Labute approximate surface area is 211 Å². The van der Waals surface area contributed by atoms with Crippen LogP contribution in [0, 0.1) is 5.82 Å². The van der Waals surface area contributed by atoms with Gasteiger partial charge in [-0.05, 0) is 35.7 Å². The molecule has 4 rings (SSSR count). The van der Waals surface area contributed by atoms with Gasteiger partial charge < -0.3 is 20.4 Å². The fraction of sp³-hybridized carbons (Fsp3) is 0.444. The second-order valence-corrected chi connectivity index (χ2v) is 9.64. The van der Waals surface area contributed by atoms with E-state index in [0.717, 1.165) is 0 Å². The number of hydrogen-bond donors (Lipinski definition) is 2. The first-order chi connectivity index (χ1) is 17.3. The average molecular weight is 496 g/mol. The van der Waals surface area contributed by atoms with Gasteiger partial charge in [-0.3, -0.25) is 19.3 Å². The number of halogens is 1. The van der Waals surface area contributed by atoms with E-state index in [9.17, 15) is 18.8 Å². The molecule has 2 saturated heterocycles. The number of amides is 3. The summed E-state index contributed by atoms with van der Waals surface area (Å²) in [5.74, 6) is -0.667. The van der Waals surface area contributed by atoms with Crippen LogP contribution in [0.3, 0.4) is 0 Å². The Bertz CT molecular complexity index is 1080. The van der Waals surface area contributed by atoms with Crippen LogP contribution in [0.4, 0.5) is 15.8 Å². The molecule has 2 aliphatic rings. The quantitative estimate of drug-likeness (QED) is 0.617. The van der Waals surface area contributed by atoms with Crippen molar-refractivity contribution >= 4 is 29.1 Å². The molecule has 0 saturated carbocycles. The highest BCUT2D eigenvalue weighted by Gasteiger charge is 2.35. The molecule has 0 spiro atoms. The first-order valence-electron chi connectivity index (χ1n) is 12.5. The van der Waals surface area contributed by atoms with E-state index in [1.807, 2.05) is 40.1 Å². The molecule has 0 aromatic heterocycles. The van der Waals surface area contributed by atoms with Gasteiger partial charge in [0.1, 0.15) is 11.9 Å². The minimum Gasteiger partial charge on any atom is -0.367 e. The molecule has 0 radical (unpaired) electrons. The third kappa shape index (κ3) is 6.20. The molecule has 9 heteroatoms. The van der Waals surface area contributed by atoms with Gasteiger partial charge in [-0.1, -0.05) is 38.1 Å². The molecule has 2 fully saturated rings. The van der Waals surface area contributed by atoms with Gasteiger partial charge in [0.05, 0.1) is 18.7 Å². The summed E-state index contributed by atoms with van der Waals surface area (Å²) in [6.45, 7) is 7.52. The number of rotatable bonds is 7. The summed E-state index contributed by atoms with van der Waals surface area (Å²) >= 11 is 0. The van der Waals surface area contributed by atoms with Crippen molar-refractivity contribution in [2.75, 3.05) is 56.0 Å². The van der Waals surface area contributed by atoms with Crippen LogP contribution in [0.1, 0.15) is 31.7 Å². The van der Waals surface area contributed by atoms with Gasteiger partial charge >= 0.3 is 0 Å². The number of benzene rings is 2. The van der Waals surface area contributed by atoms with Crippen LogP contribution >= 0.6 is 0 Å². The number of carbonyl (C=O) groups excluding carboxylic acids is 3. The maximum absolute atomic E-state index is 14.1. The maximum Gasteiger partial charge on any atom is 0.243 e. The standard InChI is InChI=1S/C27H34FN5O3/c1-19(2)20-7-9-21(10-8-20)30-25(34)17-24-27(36)29-11-12-33(24)26(35)18-31-13-15-32(16-14-31)23-6-4-3-5-22(23)28/h3-10,19,24H,11-18H2,1-2H3,(H,29,36)(H,30,34)/t24-/m1/s1. The molecule has 192 valence electrons. The van der Waals surface area contributed by atoms with Crippen LogP contribution < -0.4 is 15.5 Å². The van der Waals surface area contributed by atoms with Crippen LogP contribution in [0.5, 0.6) is 0 Å². The van der Waals surface area contributed by atoms with E-state index in [0.29, 0.717) is 56.6 Å². The molecule has 0 unspecified atom stereocenters. The lowest BCUT2D eigenvalue weighted by Gasteiger charge is -2.39. The fourth-order valence-electron chi connectivity index (χ4n) is 4.69. The molecule has 2 N–H and O–H groups in total. The largest absolute Gasteiger partial charge is 0.367 e. The van der Waals surface area contributed by atoms with Crippen LogP contribution in [-0.2, 0) is 14.4 Å². The second-order valence-electron chi connectivity index (χ2n) is 9.64. The zero-order valence-electron chi connectivity index (χ0n) is 20.9. The van der Waals surface area contributed by atoms with Crippen molar-refractivity contribution in [2.45, 2.75) is 32.2 Å². The van der Waals surface area contributed by atoms with E-state index >= 15 is 0 Å². The van der Waals surface area contributed by atoms with Gasteiger partial charge in [0.25, 0.3) is 0 Å². The van der Waals surface area contributed by atoms with Crippen molar-refractivity contribution in [3.8, 4) is 0 Å². The molecule has 2 aromatic carbocycles. The van der Waals surface area contributed by atoms with Crippen molar-refractivity contribution in [3.05, 3.63) is 59.9 Å². The molecule has 0 bridgehead atoms. The monoisotopic (exact) mass is 495 g/mol. The molecule has 0 aliphatic carbocycles. The van der Waals surface area contributed by atoms with Gasteiger partial charge in [-0.15, -0.1) is 0 Å². The molecule has 8 nitrogen and oxygen atoms in total. The highest BCUT2D eigenvalue weighted by Crippen LogP contribution is 2.21. The van der Waals surface area contributed by atoms with Crippen LogP contribution in [0.2, 0.25) is 0 Å². The Balaban J connectivity index is 1.32. The van der Waals surface area contributed by atoms with Gasteiger partial charge in [0.15, 0.2) is 0 Å². The number of para-hydroxylation sites is 1. The second kappa shape index (κ2) is 11.5. The third-order valence-corrected chi connectivity index (χ3v) is 6.82. The van der Waals surface area contributed by atoms with Gasteiger partial charge in [0, 0.05) is 45.0 Å². The van der Waals surface area contributed by atoms with Crippen molar-refractivity contribution in [1.29, 1.82) is 0 Å². The summed E-state index contributed by atoms with van der Waals surface area (Å²) in [6, 6.07) is 13.5. The Morgan fingerprint density at radius 1 is 1.03 bits per heavy atom. The number of carbonyl (C=O) groups is 3. The van der Waals surface area contributed by atoms with Crippen molar-refractivity contribution < 1.29 is 18.8 Å². The van der Waals surface area contributed by atoms with E-state index in [1.54, 1.807) is 12.1 Å². The maximum atomic E-state index is 14.1. The fourth-order valence-corrected chi connectivity index (χ4v) is 4.69. The van der Waals surface area contributed by atoms with Crippen LogP contribution in [0.15, 0.2) is 48.5 Å². The molecular formula is C27H34FN5O3. The number of nitrogens with one attached hydrogen (secondary N) is 2. The molecule has 2 heterocycles. The lowest BCUT2D eigenvalue weighted by Crippen LogP contribution is -2.60. The van der Waals surface area contributed by atoms with Crippen LogP contribution in [0.25, 0.3) is 0 Å². The number of nitrogens with zero attached hydrogens (tertiary/aromatic N) is 3. The predicted octanol–water partition coefficient (Wildman–Crippen LogP) is 2.43. The summed E-state index contributed by atoms with van der Waals surface area (Å²) in [7, 11) is 0. The minimum absolute atomic E-state index is 0.107. The predicted molar refractivity (Wildman–Crippen MR) is 137 cm³/mol. The SMILES string of the molecule is CC(C)c1ccc(NC(=O)C[C@@H]2C(=O)NCCN2C(=O)CN2CCN(c3ccccc3F)CC2)cc1. The van der Waals surface area contributed by atoms with E-state index < -0.39 is 6.04 Å². The van der Waals surface area contributed by atoms with E-state index in [4.69, 9.17) is 0 Å². The molecule has 2 aliphatic heterocycles. The van der Waals surface area contributed by atoms with Crippen molar-refractivity contribution in [2.24, 2.45) is 0 Å². The number of anilines is 2. The normalized spacial score (nSPS) is 18.8. The van der Waals surface area contributed by atoms with Crippen LogP contribution in [-0.4, -0.2) is 79.4 Å². The highest BCUT2D eigenvalue weighted by atomic mass is 19.1. The van der Waals surface area contributed by atoms with Gasteiger partial charge in [-0.25, -0.2) is 4.39 Å². The molecule has 1 atom stereocenters. The lowest BCUT2D eigenvalue weighted by molar-refractivity contribution is -0.145. The van der Waals surface area contributed by atoms with E-state index in [1.165, 1.54) is 16.5 Å². The van der Waals surface area contributed by atoms with Gasteiger partial charge in [-0.2, -0.15) is 0 Å². The highest BCUT2D eigenvalue weighted by molar-refractivity contribution is 5.97.